The maximum atomic E-state index is 12.4. The number of hydrogen-bond acceptors (Lipinski definition) is 3. The van der Waals surface area contributed by atoms with Gasteiger partial charge in [-0.3, -0.25) is 14.5 Å². The average molecular weight is 287 g/mol. The molecule has 1 N–H and O–H groups in total. The smallest absolute Gasteiger partial charge is 0.335 e. The second-order valence-electron chi connectivity index (χ2n) is 6.07. The minimum absolute atomic E-state index is 0.0336. The Bertz CT molecular complexity index is 637. The van der Waals surface area contributed by atoms with E-state index >= 15 is 0 Å². The van der Waals surface area contributed by atoms with Crippen molar-refractivity contribution in [3.05, 3.63) is 34.9 Å². The van der Waals surface area contributed by atoms with Gasteiger partial charge in [-0.25, -0.2) is 4.79 Å². The minimum atomic E-state index is -1.10. The Balaban J connectivity index is 1.84. The highest BCUT2D eigenvalue weighted by Crippen LogP contribution is 2.33. The molecule has 1 aliphatic carbocycles. The molecule has 1 aromatic rings. The molecule has 0 spiro atoms. The van der Waals surface area contributed by atoms with Gasteiger partial charge in [-0.2, -0.15) is 0 Å². The van der Waals surface area contributed by atoms with Crippen LogP contribution in [0.1, 0.15) is 57.3 Å². The molecule has 5 heteroatoms. The van der Waals surface area contributed by atoms with E-state index in [2.05, 4.69) is 6.92 Å². The number of hydrogen-bond donors (Lipinski definition) is 1. The van der Waals surface area contributed by atoms with Crippen LogP contribution in [-0.2, 0) is 0 Å². The first-order chi connectivity index (χ1) is 9.97. The van der Waals surface area contributed by atoms with Crippen LogP contribution in [0.25, 0.3) is 0 Å². The molecule has 3 rings (SSSR count). The quantitative estimate of drug-likeness (QED) is 0.866. The van der Waals surface area contributed by atoms with Gasteiger partial charge in [0.05, 0.1) is 16.7 Å². The molecule has 5 nitrogen and oxygen atoms in total. The number of aromatic carboxylic acids is 1. The van der Waals surface area contributed by atoms with Crippen LogP contribution in [0.2, 0.25) is 0 Å². The summed E-state index contributed by atoms with van der Waals surface area (Å²) in [5, 5.41) is 8.98. The topological polar surface area (TPSA) is 74.7 Å². The fraction of sp³-hybridized carbons (Fsp3) is 0.438. The lowest BCUT2D eigenvalue weighted by Gasteiger charge is -2.18. The van der Waals surface area contributed by atoms with Gasteiger partial charge in [0, 0.05) is 6.54 Å². The Labute approximate surface area is 122 Å². The molecule has 1 aromatic carbocycles. The summed E-state index contributed by atoms with van der Waals surface area (Å²) in [5.41, 5.74) is 0.563. The Morgan fingerprint density at radius 1 is 1.24 bits per heavy atom. The standard InChI is InChI=1S/C16H17NO4/c1-9-2-3-10(6-9)8-17-14(18)12-5-4-11(16(20)21)7-13(12)15(17)19/h4-5,7,9-10H,2-3,6,8H2,1H3,(H,20,21). The summed E-state index contributed by atoms with van der Waals surface area (Å²) in [6.07, 6.45) is 3.21. The van der Waals surface area contributed by atoms with Crippen molar-refractivity contribution in [1.82, 2.24) is 4.90 Å². The van der Waals surface area contributed by atoms with Gasteiger partial charge < -0.3 is 5.11 Å². The Morgan fingerprint density at radius 3 is 2.57 bits per heavy atom. The molecule has 1 saturated carbocycles. The largest absolute Gasteiger partial charge is 0.478 e. The van der Waals surface area contributed by atoms with Crippen molar-refractivity contribution in [3.63, 3.8) is 0 Å². The maximum absolute atomic E-state index is 12.4. The first kappa shape index (κ1) is 13.8. The van der Waals surface area contributed by atoms with Crippen LogP contribution in [0, 0.1) is 11.8 Å². The second-order valence-corrected chi connectivity index (χ2v) is 6.07. The van der Waals surface area contributed by atoms with E-state index in [1.807, 2.05) is 0 Å². The molecule has 1 heterocycles. The molecule has 0 bridgehead atoms. The van der Waals surface area contributed by atoms with Gasteiger partial charge in [0.25, 0.3) is 11.8 Å². The molecule has 2 aliphatic rings. The zero-order valence-corrected chi connectivity index (χ0v) is 11.8. The molecule has 0 saturated heterocycles. The number of carboxylic acid groups (broad SMARTS) is 1. The second kappa shape index (κ2) is 4.98. The summed E-state index contributed by atoms with van der Waals surface area (Å²) in [6.45, 7) is 2.63. The van der Waals surface area contributed by atoms with E-state index in [0.29, 0.717) is 23.9 Å². The molecule has 21 heavy (non-hydrogen) atoms. The normalized spacial score (nSPS) is 24.5. The zero-order chi connectivity index (χ0) is 15.1. The van der Waals surface area contributed by atoms with Crippen molar-refractivity contribution in [1.29, 1.82) is 0 Å². The van der Waals surface area contributed by atoms with Gasteiger partial charge in [-0.1, -0.05) is 13.3 Å². The monoisotopic (exact) mass is 287 g/mol. The molecule has 0 aromatic heterocycles. The third kappa shape index (κ3) is 2.33. The molecular weight excluding hydrogens is 270 g/mol. The number of rotatable bonds is 3. The number of nitrogens with zero attached hydrogens (tertiary/aromatic N) is 1. The van der Waals surface area contributed by atoms with Crippen molar-refractivity contribution in [2.75, 3.05) is 6.54 Å². The zero-order valence-electron chi connectivity index (χ0n) is 11.8. The van der Waals surface area contributed by atoms with Gasteiger partial charge in [-0.05, 0) is 42.9 Å². The van der Waals surface area contributed by atoms with Crippen molar-refractivity contribution in [3.8, 4) is 0 Å². The lowest BCUT2D eigenvalue weighted by Crippen LogP contribution is -2.34. The van der Waals surface area contributed by atoms with Crippen LogP contribution in [-0.4, -0.2) is 34.3 Å². The van der Waals surface area contributed by atoms with Crippen molar-refractivity contribution >= 4 is 17.8 Å². The molecule has 2 amide bonds. The average Bonchev–Trinajstić information content (AvgIpc) is 2.96. The van der Waals surface area contributed by atoms with E-state index in [9.17, 15) is 14.4 Å². The van der Waals surface area contributed by atoms with Gasteiger partial charge in [0.2, 0.25) is 0 Å². The minimum Gasteiger partial charge on any atom is -0.478 e. The lowest BCUT2D eigenvalue weighted by atomic mass is 10.1. The van der Waals surface area contributed by atoms with Gasteiger partial charge in [0.1, 0.15) is 0 Å². The summed E-state index contributed by atoms with van der Waals surface area (Å²) >= 11 is 0. The Kier molecular flexibility index (Phi) is 3.27. The highest BCUT2D eigenvalue weighted by Gasteiger charge is 2.38. The Morgan fingerprint density at radius 2 is 1.95 bits per heavy atom. The number of carboxylic acids is 1. The van der Waals surface area contributed by atoms with Crippen LogP contribution in [0.4, 0.5) is 0 Å². The van der Waals surface area contributed by atoms with Crippen molar-refractivity contribution in [2.45, 2.75) is 26.2 Å². The molecule has 0 radical (unpaired) electrons. The summed E-state index contributed by atoms with van der Waals surface area (Å²) < 4.78 is 0. The fourth-order valence-electron chi connectivity index (χ4n) is 3.34. The number of carbonyl (C=O) groups is 3. The predicted molar refractivity (Wildman–Crippen MR) is 75.3 cm³/mol. The first-order valence-electron chi connectivity index (χ1n) is 7.21. The van der Waals surface area contributed by atoms with E-state index in [-0.39, 0.29) is 22.9 Å². The summed E-state index contributed by atoms with van der Waals surface area (Å²) in [6, 6.07) is 4.11. The van der Waals surface area contributed by atoms with E-state index in [0.717, 1.165) is 19.3 Å². The number of fused-ring (bicyclic) bond motifs is 1. The molecular formula is C16H17NO4. The maximum Gasteiger partial charge on any atom is 0.335 e. The number of imide groups is 1. The van der Waals surface area contributed by atoms with Gasteiger partial charge in [0.15, 0.2) is 0 Å². The van der Waals surface area contributed by atoms with Crippen LogP contribution < -0.4 is 0 Å². The van der Waals surface area contributed by atoms with E-state index < -0.39 is 5.97 Å². The number of carbonyl (C=O) groups excluding carboxylic acids is 2. The third-order valence-electron chi connectivity index (χ3n) is 4.46. The number of benzene rings is 1. The molecule has 2 atom stereocenters. The van der Waals surface area contributed by atoms with Crippen molar-refractivity contribution < 1.29 is 19.5 Å². The van der Waals surface area contributed by atoms with E-state index in [1.165, 1.54) is 23.1 Å². The summed E-state index contributed by atoms with van der Waals surface area (Å²) in [7, 11) is 0. The van der Waals surface area contributed by atoms with E-state index in [4.69, 9.17) is 5.11 Å². The summed E-state index contributed by atoms with van der Waals surface area (Å²) in [5.74, 6) is -0.754. The summed E-state index contributed by atoms with van der Waals surface area (Å²) in [4.78, 5) is 36.9. The Hall–Kier alpha value is -2.17. The van der Waals surface area contributed by atoms with Crippen LogP contribution in [0.3, 0.4) is 0 Å². The highest BCUT2D eigenvalue weighted by molar-refractivity contribution is 6.21. The molecule has 110 valence electrons. The van der Waals surface area contributed by atoms with Gasteiger partial charge >= 0.3 is 5.97 Å². The fourth-order valence-corrected chi connectivity index (χ4v) is 3.34. The van der Waals surface area contributed by atoms with Crippen LogP contribution >= 0.6 is 0 Å². The third-order valence-corrected chi connectivity index (χ3v) is 4.46. The predicted octanol–water partition coefficient (Wildman–Crippen LogP) is 2.42. The number of amides is 2. The SMILES string of the molecule is CC1CCC(CN2C(=O)c3ccc(C(=O)O)cc3C2=O)C1. The van der Waals surface area contributed by atoms with Gasteiger partial charge in [-0.15, -0.1) is 0 Å². The van der Waals surface area contributed by atoms with E-state index in [1.54, 1.807) is 0 Å². The van der Waals surface area contributed by atoms with Crippen LogP contribution in [0.5, 0.6) is 0 Å². The van der Waals surface area contributed by atoms with Crippen molar-refractivity contribution in [2.24, 2.45) is 11.8 Å². The highest BCUT2D eigenvalue weighted by atomic mass is 16.4. The first-order valence-corrected chi connectivity index (χ1v) is 7.21. The lowest BCUT2D eigenvalue weighted by molar-refractivity contribution is 0.0628. The van der Waals surface area contributed by atoms with Crippen LogP contribution in [0.15, 0.2) is 18.2 Å². The molecule has 2 unspecified atom stereocenters. The molecule has 1 fully saturated rings. The molecule has 1 aliphatic heterocycles.